The Kier molecular flexibility index (Phi) is 3.46. The summed E-state index contributed by atoms with van der Waals surface area (Å²) in [6, 6.07) is 17.2. The zero-order chi connectivity index (χ0) is 15.9. The van der Waals surface area contributed by atoms with Gasteiger partial charge in [0.1, 0.15) is 0 Å². The van der Waals surface area contributed by atoms with Gasteiger partial charge in [0.2, 0.25) is 11.7 Å². The summed E-state index contributed by atoms with van der Waals surface area (Å²) in [5.41, 5.74) is 0.765. The van der Waals surface area contributed by atoms with Crippen molar-refractivity contribution in [3.05, 3.63) is 70.7 Å². The molecule has 0 amide bonds. The number of hydrogen-bond donors (Lipinski definition) is 0. The van der Waals surface area contributed by atoms with E-state index < -0.39 is 11.6 Å². The molecule has 2 aliphatic rings. The fourth-order valence-corrected chi connectivity index (χ4v) is 3.75. The van der Waals surface area contributed by atoms with Crippen LogP contribution in [0.5, 0.6) is 0 Å². The minimum Gasteiger partial charge on any atom is -0.466 e. The number of rotatable bonds is 2. The van der Waals surface area contributed by atoms with Crippen molar-refractivity contribution in [2.45, 2.75) is 30.9 Å². The molecular weight excluding hydrogens is 310 g/mol. The number of nitrogens with zero attached hydrogens (tertiary/aromatic N) is 1. The lowest BCUT2D eigenvalue weighted by Gasteiger charge is -2.41. The fourth-order valence-electron chi connectivity index (χ4n) is 3.46. The zero-order valence-corrected chi connectivity index (χ0v) is 13.3. The van der Waals surface area contributed by atoms with Crippen molar-refractivity contribution in [1.82, 2.24) is 0 Å². The first-order valence-electron chi connectivity index (χ1n) is 7.82. The number of fused-ring (bicyclic) bond motifs is 2. The van der Waals surface area contributed by atoms with Gasteiger partial charge in [-0.15, -0.1) is 0 Å². The molecule has 2 atom stereocenters. The van der Waals surface area contributed by atoms with E-state index in [-0.39, 0.29) is 5.78 Å². The van der Waals surface area contributed by atoms with Crippen LogP contribution in [0.1, 0.15) is 30.4 Å². The van der Waals surface area contributed by atoms with Gasteiger partial charge in [-0.3, -0.25) is 4.79 Å². The van der Waals surface area contributed by atoms with Crippen LogP contribution in [0, 0.1) is 0 Å². The Hall–Kier alpha value is -2.13. The van der Waals surface area contributed by atoms with Gasteiger partial charge < -0.3 is 4.74 Å². The molecule has 1 saturated carbocycles. The third-order valence-electron chi connectivity index (χ3n) is 4.59. The summed E-state index contributed by atoms with van der Waals surface area (Å²) in [4.78, 5) is 17.7. The average Bonchev–Trinajstić information content (AvgIpc) is 2.56. The highest BCUT2D eigenvalue weighted by Gasteiger charge is 2.51. The van der Waals surface area contributed by atoms with Crippen molar-refractivity contribution in [2.75, 3.05) is 0 Å². The number of halogens is 1. The van der Waals surface area contributed by atoms with E-state index >= 15 is 0 Å². The second kappa shape index (κ2) is 5.50. The van der Waals surface area contributed by atoms with Crippen molar-refractivity contribution < 1.29 is 9.53 Å². The van der Waals surface area contributed by atoms with Crippen molar-refractivity contribution in [2.24, 2.45) is 4.99 Å². The summed E-state index contributed by atoms with van der Waals surface area (Å²) in [5, 5.41) is 0.583. The van der Waals surface area contributed by atoms with Gasteiger partial charge in [0.25, 0.3) is 0 Å². The molecule has 23 heavy (non-hydrogen) atoms. The van der Waals surface area contributed by atoms with Crippen LogP contribution >= 0.6 is 11.6 Å². The van der Waals surface area contributed by atoms with Crippen LogP contribution in [0.25, 0.3) is 0 Å². The van der Waals surface area contributed by atoms with Crippen LogP contribution in [0.3, 0.4) is 0 Å². The quantitative estimate of drug-likeness (QED) is 0.832. The summed E-state index contributed by atoms with van der Waals surface area (Å²) in [6.45, 7) is 0. The molecule has 116 valence electrons. The summed E-state index contributed by atoms with van der Waals surface area (Å²) in [6.07, 6.45) is 1.86. The Morgan fingerprint density at radius 1 is 1.09 bits per heavy atom. The van der Waals surface area contributed by atoms with Gasteiger partial charge >= 0.3 is 0 Å². The average molecular weight is 326 g/mol. The number of benzene rings is 2. The number of aliphatic imine (C=N–C) groups is 1. The summed E-state index contributed by atoms with van der Waals surface area (Å²) in [5.74, 6) is 0.561. The van der Waals surface area contributed by atoms with E-state index in [4.69, 9.17) is 21.3 Å². The molecule has 1 aliphatic carbocycles. The molecule has 2 aromatic rings. The van der Waals surface area contributed by atoms with Gasteiger partial charge in [0.15, 0.2) is 11.6 Å². The predicted molar refractivity (Wildman–Crippen MR) is 89.8 cm³/mol. The normalized spacial score (nSPS) is 26.4. The number of carbonyl (C=O) groups is 1. The minimum atomic E-state index is -0.912. The van der Waals surface area contributed by atoms with Crippen molar-refractivity contribution >= 4 is 23.3 Å². The van der Waals surface area contributed by atoms with Crippen LogP contribution in [-0.2, 0) is 15.1 Å². The topological polar surface area (TPSA) is 38.7 Å². The number of Topliss-reactive ketones (excluding diaryl/α,β-unsaturated/α-hetero) is 1. The smallest absolute Gasteiger partial charge is 0.218 e. The second-order valence-electron chi connectivity index (χ2n) is 5.99. The molecule has 1 fully saturated rings. The molecule has 2 bridgehead atoms. The molecule has 1 aliphatic heterocycles. The zero-order valence-electron chi connectivity index (χ0n) is 12.5. The minimum absolute atomic E-state index is 0.0246. The SMILES string of the molecule is O=C1[C@@H]2CCC[C@@]1(c1ccccc1Cl)N=C(c1ccccc1)O2. The predicted octanol–water partition coefficient (Wildman–Crippen LogP) is 4.13. The molecule has 0 spiro atoms. The van der Waals surface area contributed by atoms with E-state index in [0.717, 1.165) is 24.0 Å². The van der Waals surface area contributed by atoms with Crippen molar-refractivity contribution in [1.29, 1.82) is 0 Å². The Balaban J connectivity index is 1.91. The lowest BCUT2D eigenvalue weighted by Crippen LogP contribution is -2.51. The van der Waals surface area contributed by atoms with E-state index in [2.05, 4.69) is 0 Å². The lowest BCUT2D eigenvalue weighted by molar-refractivity contribution is -0.137. The van der Waals surface area contributed by atoms with Crippen molar-refractivity contribution in [3.63, 3.8) is 0 Å². The molecule has 0 radical (unpaired) electrons. The monoisotopic (exact) mass is 325 g/mol. The molecule has 3 nitrogen and oxygen atoms in total. The van der Waals surface area contributed by atoms with Crippen LogP contribution < -0.4 is 0 Å². The third-order valence-corrected chi connectivity index (χ3v) is 4.92. The molecule has 0 saturated heterocycles. The van der Waals surface area contributed by atoms with Crippen LogP contribution in [0.15, 0.2) is 59.6 Å². The summed E-state index contributed by atoms with van der Waals surface area (Å²) in [7, 11) is 0. The van der Waals surface area contributed by atoms with Gasteiger partial charge in [-0.25, -0.2) is 4.99 Å². The van der Waals surface area contributed by atoms with Crippen LogP contribution in [0.2, 0.25) is 5.02 Å². The number of carbonyl (C=O) groups excluding carboxylic acids is 1. The third kappa shape index (κ3) is 2.27. The summed E-state index contributed by atoms with van der Waals surface area (Å²) < 4.78 is 5.90. The maximum Gasteiger partial charge on any atom is 0.218 e. The Morgan fingerprint density at radius 2 is 1.83 bits per heavy atom. The molecule has 0 aromatic heterocycles. The molecular formula is C19H16ClNO2. The fraction of sp³-hybridized carbons (Fsp3) is 0.263. The summed E-state index contributed by atoms with van der Waals surface area (Å²) >= 11 is 6.39. The maximum absolute atomic E-state index is 13.0. The van der Waals surface area contributed by atoms with Crippen LogP contribution in [0.4, 0.5) is 0 Å². The van der Waals surface area contributed by atoms with Crippen molar-refractivity contribution in [3.8, 4) is 0 Å². The van der Waals surface area contributed by atoms with Gasteiger partial charge in [-0.2, -0.15) is 0 Å². The van der Waals surface area contributed by atoms with E-state index in [1.54, 1.807) is 0 Å². The molecule has 4 heteroatoms. The lowest BCUT2D eigenvalue weighted by atomic mass is 9.74. The second-order valence-corrected chi connectivity index (χ2v) is 6.39. The van der Waals surface area contributed by atoms with Gasteiger partial charge in [-0.05, 0) is 37.5 Å². The molecule has 4 rings (SSSR count). The first-order chi connectivity index (χ1) is 11.2. The largest absolute Gasteiger partial charge is 0.466 e. The highest BCUT2D eigenvalue weighted by molar-refractivity contribution is 6.32. The maximum atomic E-state index is 13.0. The highest BCUT2D eigenvalue weighted by atomic mass is 35.5. The highest BCUT2D eigenvalue weighted by Crippen LogP contribution is 2.44. The Bertz CT molecular complexity index is 787. The number of hydrogen-bond acceptors (Lipinski definition) is 3. The molecule has 0 N–H and O–H groups in total. The first kappa shape index (κ1) is 14.5. The van der Waals surface area contributed by atoms with E-state index in [1.807, 2.05) is 54.6 Å². The van der Waals surface area contributed by atoms with E-state index in [0.29, 0.717) is 17.3 Å². The number of ketones is 1. The van der Waals surface area contributed by atoms with E-state index in [9.17, 15) is 4.79 Å². The Morgan fingerprint density at radius 3 is 2.61 bits per heavy atom. The molecule has 0 unspecified atom stereocenters. The standard InChI is InChI=1S/C19H16ClNO2/c20-15-10-5-4-9-14(15)19-12-6-11-16(17(19)22)23-18(21-19)13-7-2-1-3-8-13/h1-5,7-10,16H,6,11-12H2/t16-,19-/m0/s1. The Labute approximate surface area is 140 Å². The molecule has 1 heterocycles. The molecule has 2 aromatic carbocycles. The van der Waals surface area contributed by atoms with E-state index in [1.165, 1.54) is 0 Å². The van der Waals surface area contributed by atoms with Gasteiger partial charge in [0.05, 0.1) is 0 Å². The first-order valence-corrected chi connectivity index (χ1v) is 8.20. The van der Waals surface area contributed by atoms with Crippen LogP contribution in [-0.4, -0.2) is 17.8 Å². The number of ether oxygens (including phenoxy) is 1. The van der Waals surface area contributed by atoms with Gasteiger partial charge in [-0.1, -0.05) is 48.0 Å². The van der Waals surface area contributed by atoms with Gasteiger partial charge in [0, 0.05) is 16.1 Å².